The highest BCUT2D eigenvalue weighted by Crippen LogP contribution is 2.29. The van der Waals surface area contributed by atoms with Gasteiger partial charge < -0.3 is 9.15 Å². The van der Waals surface area contributed by atoms with Crippen LogP contribution in [0, 0.1) is 11.3 Å². The monoisotopic (exact) mass is 492 g/mol. The molecule has 0 N–H and O–H groups in total. The van der Waals surface area contributed by atoms with Gasteiger partial charge in [0, 0.05) is 21.2 Å². The third kappa shape index (κ3) is 4.91. The number of carbonyl (C=O) groups is 2. The first-order chi connectivity index (χ1) is 16.4. The van der Waals surface area contributed by atoms with E-state index in [9.17, 15) is 14.9 Å². The standard InChI is InChI=1S/C26H18Cl2N2O4/c1-16-22(25(31)30(26(32)23(16)13-29)14-21-3-2-10-33-21)11-17-4-8-20(9-5-17)34-15-18-6-7-19(27)12-24(18)28/h2-12H,14-15H2,1H3/b22-11+. The van der Waals surface area contributed by atoms with E-state index in [4.69, 9.17) is 32.4 Å². The first-order valence-electron chi connectivity index (χ1n) is 10.3. The van der Waals surface area contributed by atoms with Crippen LogP contribution < -0.4 is 4.74 Å². The van der Waals surface area contributed by atoms with E-state index in [2.05, 4.69) is 0 Å². The smallest absolute Gasteiger partial charge is 0.272 e. The highest BCUT2D eigenvalue weighted by molar-refractivity contribution is 6.35. The maximum atomic E-state index is 13.1. The lowest BCUT2D eigenvalue weighted by atomic mass is 9.93. The molecule has 0 fully saturated rings. The summed E-state index contributed by atoms with van der Waals surface area (Å²) >= 11 is 12.1. The molecule has 1 aliphatic rings. The Labute approximate surface area is 206 Å². The van der Waals surface area contributed by atoms with Crippen LogP contribution in [0.4, 0.5) is 0 Å². The second-order valence-electron chi connectivity index (χ2n) is 7.54. The fraction of sp³-hybridized carbons (Fsp3) is 0.115. The lowest BCUT2D eigenvalue weighted by molar-refractivity contribution is -0.141. The fourth-order valence-electron chi connectivity index (χ4n) is 3.46. The Morgan fingerprint density at radius 2 is 1.85 bits per heavy atom. The van der Waals surface area contributed by atoms with Crippen molar-refractivity contribution in [3.63, 3.8) is 0 Å². The number of furan rings is 1. The number of nitriles is 1. The molecule has 0 saturated heterocycles. The first kappa shape index (κ1) is 23.4. The minimum atomic E-state index is -0.636. The number of amides is 2. The van der Waals surface area contributed by atoms with Crippen molar-refractivity contribution in [2.45, 2.75) is 20.1 Å². The van der Waals surface area contributed by atoms with Crippen molar-refractivity contribution in [3.8, 4) is 11.8 Å². The van der Waals surface area contributed by atoms with E-state index >= 15 is 0 Å². The second kappa shape index (κ2) is 10.0. The number of ether oxygens (including phenoxy) is 1. The van der Waals surface area contributed by atoms with Crippen molar-refractivity contribution < 1.29 is 18.7 Å². The molecule has 2 heterocycles. The third-order valence-corrected chi connectivity index (χ3v) is 5.91. The van der Waals surface area contributed by atoms with E-state index in [0.717, 1.165) is 10.5 Å². The van der Waals surface area contributed by atoms with Crippen molar-refractivity contribution in [1.29, 1.82) is 5.26 Å². The second-order valence-corrected chi connectivity index (χ2v) is 8.38. The Balaban J connectivity index is 1.55. The summed E-state index contributed by atoms with van der Waals surface area (Å²) in [5.41, 5.74) is 2.05. The molecule has 0 aliphatic carbocycles. The number of rotatable bonds is 6. The minimum Gasteiger partial charge on any atom is -0.489 e. The van der Waals surface area contributed by atoms with Crippen LogP contribution in [-0.2, 0) is 22.7 Å². The van der Waals surface area contributed by atoms with Gasteiger partial charge in [0.15, 0.2) is 0 Å². The number of hydrogen-bond donors (Lipinski definition) is 0. The Morgan fingerprint density at radius 1 is 1.09 bits per heavy atom. The number of imide groups is 1. The van der Waals surface area contributed by atoms with Crippen LogP contribution in [0.25, 0.3) is 6.08 Å². The zero-order chi connectivity index (χ0) is 24.2. The zero-order valence-corrected chi connectivity index (χ0v) is 19.6. The van der Waals surface area contributed by atoms with Crippen LogP contribution in [0.2, 0.25) is 10.0 Å². The van der Waals surface area contributed by atoms with Crippen LogP contribution in [0.5, 0.6) is 5.75 Å². The molecular formula is C26H18Cl2N2O4. The normalized spacial score (nSPS) is 15.1. The van der Waals surface area contributed by atoms with Crippen LogP contribution in [0.15, 0.2) is 82.0 Å². The lowest BCUT2D eigenvalue weighted by Crippen LogP contribution is -2.42. The Morgan fingerprint density at radius 3 is 2.50 bits per heavy atom. The molecule has 0 saturated carbocycles. The summed E-state index contributed by atoms with van der Waals surface area (Å²) in [5, 5.41) is 10.6. The summed E-state index contributed by atoms with van der Waals surface area (Å²) in [6.45, 7) is 1.81. The van der Waals surface area contributed by atoms with Gasteiger partial charge in [0.25, 0.3) is 11.8 Å². The van der Waals surface area contributed by atoms with Gasteiger partial charge in [0.2, 0.25) is 0 Å². The number of halogens is 2. The van der Waals surface area contributed by atoms with Gasteiger partial charge in [-0.1, -0.05) is 41.4 Å². The molecule has 34 heavy (non-hydrogen) atoms. The lowest BCUT2D eigenvalue weighted by Gasteiger charge is -2.26. The number of carbonyl (C=O) groups excluding carboxylic acids is 2. The number of benzene rings is 2. The molecule has 0 unspecified atom stereocenters. The molecule has 0 bridgehead atoms. The summed E-state index contributed by atoms with van der Waals surface area (Å²) in [6, 6.07) is 17.6. The molecular weight excluding hydrogens is 475 g/mol. The van der Waals surface area contributed by atoms with Crippen LogP contribution in [0.1, 0.15) is 23.8 Å². The average molecular weight is 493 g/mol. The highest BCUT2D eigenvalue weighted by atomic mass is 35.5. The van der Waals surface area contributed by atoms with E-state index < -0.39 is 11.8 Å². The third-order valence-electron chi connectivity index (χ3n) is 5.32. The molecule has 4 rings (SSSR count). The molecule has 0 atom stereocenters. The predicted octanol–water partition coefficient (Wildman–Crippen LogP) is 5.96. The Bertz CT molecular complexity index is 1350. The first-order valence-corrected chi connectivity index (χ1v) is 11.0. The van der Waals surface area contributed by atoms with E-state index in [1.807, 2.05) is 6.07 Å². The molecule has 6 nitrogen and oxygen atoms in total. The molecule has 1 aliphatic heterocycles. The summed E-state index contributed by atoms with van der Waals surface area (Å²) in [7, 11) is 0. The largest absolute Gasteiger partial charge is 0.489 e. The van der Waals surface area contributed by atoms with Gasteiger partial charge in [-0.05, 0) is 60.5 Å². The highest BCUT2D eigenvalue weighted by Gasteiger charge is 2.35. The maximum Gasteiger partial charge on any atom is 0.272 e. The van der Waals surface area contributed by atoms with Crippen LogP contribution in [0.3, 0.4) is 0 Å². The van der Waals surface area contributed by atoms with Gasteiger partial charge in [-0.2, -0.15) is 5.26 Å². The van der Waals surface area contributed by atoms with Gasteiger partial charge in [-0.3, -0.25) is 14.5 Å². The predicted molar refractivity (Wildman–Crippen MR) is 128 cm³/mol. The van der Waals surface area contributed by atoms with E-state index in [1.165, 1.54) is 6.26 Å². The molecule has 3 aromatic rings. The summed E-state index contributed by atoms with van der Waals surface area (Å²) in [5.74, 6) is -0.0679. The van der Waals surface area contributed by atoms with Gasteiger partial charge in [-0.15, -0.1) is 0 Å². The van der Waals surface area contributed by atoms with Gasteiger partial charge in [0.05, 0.1) is 12.8 Å². The summed E-state index contributed by atoms with van der Waals surface area (Å²) in [4.78, 5) is 26.8. The Hall–Kier alpha value is -3.79. The van der Waals surface area contributed by atoms with E-state index in [0.29, 0.717) is 32.7 Å². The topological polar surface area (TPSA) is 83.5 Å². The van der Waals surface area contributed by atoms with Gasteiger partial charge in [0.1, 0.15) is 29.8 Å². The fourth-order valence-corrected chi connectivity index (χ4v) is 3.92. The van der Waals surface area contributed by atoms with Crippen LogP contribution >= 0.6 is 23.2 Å². The molecule has 2 aromatic carbocycles. The molecule has 0 spiro atoms. The van der Waals surface area contributed by atoms with E-state index in [1.54, 1.807) is 67.6 Å². The SMILES string of the molecule is CC1=C(C#N)C(=O)N(Cc2ccco2)C(=O)/C1=C/c1ccc(OCc2ccc(Cl)cc2Cl)cc1. The number of hydrogen-bond acceptors (Lipinski definition) is 5. The molecule has 170 valence electrons. The van der Waals surface area contributed by atoms with Crippen LogP contribution in [-0.4, -0.2) is 16.7 Å². The molecule has 1 aromatic heterocycles. The minimum absolute atomic E-state index is 0.0551. The van der Waals surface area contributed by atoms with Crippen molar-refractivity contribution in [1.82, 2.24) is 4.90 Å². The van der Waals surface area contributed by atoms with Crippen molar-refractivity contribution in [3.05, 3.63) is 105 Å². The Kier molecular flexibility index (Phi) is 6.87. The van der Waals surface area contributed by atoms with E-state index in [-0.39, 0.29) is 24.3 Å². The zero-order valence-electron chi connectivity index (χ0n) is 18.0. The van der Waals surface area contributed by atoms with Crippen molar-refractivity contribution in [2.75, 3.05) is 0 Å². The number of nitrogens with zero attached hydrogens (tertiary/aromatic N) is 2. The van der Waals surface area contributed by atoms with Gasteiger partial charge >= 0.3 is 0 Å². The van der Waals surface area contributed by atoms with Crippen molar-refractivity contribution in [2.24, 2.45) is 0 Å². The van der Waals surface area contributed by atoms with Gasteiger partial charge in [-0.25, -0.2) is 0 Å². The molecule has 2 amide bonds. The average Bonchev–Trinajstić information content (AvgIpc) is 3.33. The van der Waals surface area contributed by atoms with Crippen molar-refractivity contribution >= 4 is 41.1 Å². The molecule has 0 radical (unpaired) electrons. The summed E-state index contributed by atoms with van der Waals surface area (Å²) in [6.07, 6.45) is 3.11. The summed E-state index contributed by atoms with van der Waals surface area (Å²) < 4.78 is 11.1. The molecule has 8 heteroatoms. The quantitative estimate of drug-likeness (QED) is 0.313. The maximum absolute atomic E-state index is 13.1.